The van der Waals surface area contributed by atoms with Gasteiger partial charge in [-0.05, 0) is 0 Å². The maximum absolute atomic E-state index is 11.5. The average molecular weight is 549 g/mol. The Morgan fingerprint density at radius 3 is 1.35 bits per heavy atom. The Morgan fingerprint density at radius 2 is 0.962 bits per heavy atom. The van der Waals surface area contributed by atoms with Gasteiger partial charge in [0.05, 0.1) is 0 Å². The Balaban J connectivity index is 1.72. The van der Waals surface area contributed by atoms with Gasteiger partial charge in [0.1, 0.15) is 0 Å². The summed E-state index contributed by atoms with van der Waals surface area (Å²) in [4.78, 5) is 23.0. The molecule has 1 rings (SSSR count). The van der Waals surface area contributed by atoms with Crippen LogP contribution in [0.15, 0.2) is 0 Å². The molecular weight excluding hydrogens is 507 g/mol. The van der Waals surface area contributed by atoms with E-state index >= 15 is 0 Å². The van der Waals surface area contributed by atoms with Gasteiger partial charge in [-0.2, -0.15) is 0 Å². The molecular formula is C22H41AuNO2. The van der Waals surface area contributed by atoms with Crippen LogP contribution in [0.2, 0.25) is 4.64 Å². The summed E-state index contributed by atoms with van der Waals surface area (Å²) >= 11 is -0.252. The van der Waals surface area contributed by atoms with Gasteiger partial charge in [0.15, 0.2) is 0 Å². The summed E-state index contributed by atoms with van der Waals surface area (Å²) in [6.45, 7) is 2.28. The van der Waals surface area contributed by atoms with E-state index in [1.165, 1.54) is 103 Å². The minimum absolute atomic E-state index is 0.0770. The molecule has 0 radical (unpaired) electrons. The SMILES string of the molecule is CCCCCCCCCCCCCCCCC[CH2][Au][N]1C(=O)CCC1=O. The normalized spacial score (nSPS) is 14.7. The topological polar surface area (TPSA) is 37.4 Å². The molecule has 0 aromatic rings. The number of hydrogen-bond acceptors (Lipinski definition) is 2. The van der Waals surface area contributed by atoms with Crippen LogP contribution >= 0.6 is 0 Å². The van der Waals surface area contributed by atoms with E-state index in [4.69, 9.17) is 0 Å². The molecule has 1 aliphatic rings. The predicted molar refractivity (Wildman–Crippen MR) is 105 cm³/mol. The van der Waals surface area contributed by atoms with Gasteiger partial charge >= 0.3 is 133 Å². The standard InChI is InChI=1S/C18H37.C4H5NO2.Au/c1-3-5-7-9-11-13-15-17-18-16-14-12-10-8-6-4-2;6-3-1-2-4(7)5-3;/h1,3-18H2,2H3;1-2H2,(H,5,6,7);/q;;+1/p-1. The van der Waals surface area contributed by atoms with Crippen molar-refractivity contribution in [3.8, 4) is 0 Å². The number of amides is 2. The van der Waals surface area contributed by atoms with Gasteiger partial charge in [0.2, 0.25) is 0 Å². The Bertz CT molecular complexity index is 357. The van der Waals surface area contributed by atoms with E-state index in [-0.39, 0.29) is 31.8 Å². The molecule has 157 valence electrons. The van der Waals surface area contributed by atoms with E-state index in [0.29, 0.717) is 12.8 Å². The number of imide groups is 1. The number of nitrogens with zero attached hydrogens (tertiary/aromatic N) is 1. The van der Waals surface area contributed by atoms with E-state index < -0.39 is 0 Å². The summed E-state index contributed by atoms with van der Waals surface area (Å²) in [5.41, 5.74) is 0. The molecule has 0 spiro atoms. The van der Waals surface area contributed by atoms with Gasteiger partial charge in [-0.25, -0.2) is 0 Å². The molecule has 4 heteroatoms. The van der Waals surface area contributed by atoms with Crippen molar-refractivity contribution in [1.29, 1.82) is 0 Å². The Kier molecular flexibility index (Phi) is 15.6. The third kappa shape index (κ3) is 12.3. The van der Waals surface area contributed by atoms with E-state index in [1.54, 1.807) is 3.30 Å². The first-order valence-electron chi connectivity index (χ1n) is 11.1. The number of carbonyl (C=O) groups is 2. The molecule has 0 bridgehead atoms. The van der Waals surface area contributed by atoms with Crippen molar-refractivity contribution >= 4 is 11.8 Å². The molecule has 26 heavy (non-hydrogen) atoms. The van der Waals surface area contributed by atoms with Crippen LogP contribution in [0.3, 0.4) is 0 Å². The Hall–Kier alpha value is -0.120. The van der Waals surface area contributed by atoms with E-state index in [2.05, 4.69) is 6.92 Å². The molecule has 2 amide bonds. The molecule has 1 saturated heterocycles. The van der Waals surface area contributed by atoms with Crippen molar-refractivity contribution < 1.29 is 29.6 Å². The van der Waals surface area contributed by atoms with Gasteiger partial charge in [0, 0.05) is 0 Å². The van der Waals surface area contributed by atoms with Crippen molar-refractivity contribution in [1.82, 2.24) is 3.30 Å². The maximum atomic E-state index is 11.5. The van der Waals surface area contributed by atoms with Crippen molar-refractivity contribution in [3.63, 3.8) is 0 Å². The quantitative estimate of drug-likeness (QED) is 0.107. The monoisotopic (exact) mass is 548 g/mol. The number of unbranched alkanes of at least 4 members (excludes halogenated alkanes) is 15. The third-order valence-corrected chi connectivity index (χ3v) is 8.09. The van der Waals surface area contributed by atoms with Crippen molar-refractivity contribution in [3.05, 3.63) is 0 Å². The van der Waals surface area contributed by atoms with E-state index in [1.807, 2.05) is 0 Å². The van der Waals surface area contributed by atoms with Crippen LogP contribution in [0.1, 0.15) is 122 Å². The van der Waals surface area contributed by atoms with Crippen LogP contribution in [0, 0.1) is 0 Å². The van der Waals surface area contributed by atoms with Gasteiger partial charge in [0.25, 0.3) is 0 Å². The molecule has 0 aromatic carbocycles. The predicted octanol–water partition coefficient (Wildman–Crippen LogP) is 6.81. The zero-order valence-electron chi connectivity index (χ0n) is 17.0. The number of hydrogen-bond donors (Lipinski definition) is 0. The summed E-state index contributed by atoms with van der Waals surface area (Å²) in [7, 11) is 0. The van der Waals surface area contributed by atoms with Crippen LogP contribution < -0.4 is 0 Å². The average Bonchev–Trinajstić information content (AvgIpc) is 2.96. The summed E-state index contributed by atoms with van der Waals surface area (Å²) in [6, 6.07) is 0. The molecule has 0 saturated carbocycles. The van der Waals surface area contributed by atoms with Crippen LogP contribution in [0.25, 0.3) is 0 Å². The fraction of sp³-hybridized carbons (Fsp3) is 0.909. The van der Waals surface area contributed by atoms with Gasteiger partial charge in [-0.1, -0.05) is 39.0 Å². The molecule has 1 heterocycles. The molecule has 0 atom stereocenters. The first-order chi connectivity index (χ1) is 12.8. The first kappa shape index (κ1) is 23.9. The summed E-state index contributed by atoms with van der Waals surface area (Å²) < 4.78 is 2.64. The molecule has 1 fully saturated rings. The second-order valence-electron chi connectivity index (χ2n) is 7.58. The van der Waals surface area contributed by atoms with Gasteiger partial charge in [-0.15, -0.1) is 0 Å². The molecule has 3 nitrogen and oxygen atoms in total. The van der Waals surface area contributed by atoms with Gasteiger partial charge < -0.3 is 0 Å². The van der Waals surface area contributed by atoms with E-state index in [0.717, 1.165) is 4.64 Å². The molecule has 0 aromatic heterocycles. The summed E-state index contributed by atoms with van der Waals surface area (Å²) in [5.74, 6) is 0.154. The number of carbonyl (C=O) groups excluding carboxylic acids is 2. The minimum atomic E-state index is -0.252. The number of rotatable bonds is 18. The van der Waals surface area contributed by atoms with Crippen LogP contribution in [0.5, 0.6) is 0 Å². The van der Waals surface area contributed by atoms with Gasteiger partial charge in [-0.3, -0.25) is 0 Å². The Morgan fingerprint density at radius 1 is 0.615 bits per heavy atom. The Labute approximate surface area is 171 Å². The van der Waals surface area contributed by atoms with Crippen LogP contribution in [-0.2, 0) is 29.6 Å². The fourth-order valence-electron chi connectivity index (χ4n) is 3.38. The fourth-order valence-corrected chi connectivity index (χ4v) is 5.99. The van der Waals surface area contributed by atoms with Crippen molar-refractivity contribution in [2.24, 2.45) is 0 Å². The zero-order chi connectivity index (χ0) is 18.9. The second kappa shape index (κ2) is 17.0. The van der Waals surface area contributed by atoms with Crippen molar-refractivity contribution in [2.75, 3.05) is 0 Å². The molecule has 0 N–H and O–H groups in total. The van der Waals surface area contributed by atoms with E-state index in [9.17, 15) is 9.59 Å². The van der Waals surface area contributed by atoms with Crippen LogP contribution in [-0.4, -0.2) is 15.1 Å². The molecule has 1 aliphatic heterocycles. The third-order valence-electron chi connectivity index (χ3n) is 5.08. The molecule has 0 unspecified atom stereocenters. The first-order valence-corrected chi connectivity index (χ1v) is 13.6. The summed E-state index contributed by atoms with van der Waals surface area (Å²) in [5, 5.41) is 0. The zero-order valence-corrected chi connectivity index (χ0v) is 19.2. The second-order valence-corrected chi connectivity index (χ2v) is 10.3. The molecule has 0 aliphatic carbocycles. The van der Waals surface area contributed by atoms with Crippen LogP contribution in [0.4, 0.5) is 0 Å². The summed E-state index contributed by atoms with van der Waals surface area (Å²) in [6.07, 6.45) is 23.1. The van der Waals surface area contributed by atoms with Crippen molar-refractivity contribution in [2.45, 2.75) is 127 Å².